The zero-order chi connectivity index (χ0) is 13.2. The number of thioether (sulfide) groups is 1. The van der Waals surface area contributed by atoms with Crippen molar-refractivity contribution in [2.45, 2.75) is 19.0 Å². The number of nitrogens with one attached hydrogen (secondary N) is 1. The summed E-state index contributed by atoms with van der Waals surface area (Å²) in [4.78, 5) is 12.8. The van der Waals surface area contributed by atoms with Gasteiger partial charge in [-0.1, -0.05) is 0 Å². The van der Waals surface area contributed by atoms with Crippen LogP contribution in [-0.2, 0) is 6.54 Å². The van der Waals surface area contributed by atoms with Crippen LogP contribution < -0.4 is 5.32 Å². The summed E-state index contributed by atoms with van der Waals surface area (Å²) in [7, 11) is 4.10. The fourth-order valence-corrected chi connectivity index (χ4v) is 4.46. The van der Waals surface area contributed by atoms with Gasteiger partial charge in [-0.25, -0.2) is 9.97 Å². The maximum absolute atomic E-state index is 4.67. The third-order valence-corrected chi connectivity index (χ3v) is 5.48. The van der Waals surface area contributed by atoms with Crippen molar-refractivity contribution >= 4 is 39.1 Å². The summed E-state index contributed by atoms with van der Waals surface area (Å²) in [6.07, 6.45) is 1.28. The SMILES string of the molecule is CNc1nc(CN(C)C2CCSC2)nc2sccc12. The number of hydrogen-bond acceptors (Lipinski definition) is 6. The van der Waals surface area contributed by atoms with Crippen molar-refractivity contribution in [2.75, 3.05) is 30.9 Å². The molecule has 0 amide bonds. The van der Waals surface area contributed by atoms with Gasteiger partial charge in [-0.2, -0.15) is 11.8 Å². The summed E-state index contributed by atoms with van der Waals surface area (Å²) in [5.41, 5.74) is 0. The predicted molar refractivity (Wildman–Crippen MR) is 84.2 cm³/mol. The first-order chi connectivity index (χ1) is 9.28. The molecule has 0 saturated carbocycles. The van der Waals surface area contributed by atoms with Crippen molar-refractivity contribution in [3.63, 3.8) is 0 Å². The lowest BCUT2D eigenvalue weighted by atomic mass is 10.2. The lowest BCUT2D eigenvalue weighted by molar-refractivity contribution is 0.249. The van der Waals surface area contributed by atoms with Gasteiger partial charge in [-0.3, -0.25) is 4.90 Å². The fourth-order valence-electron chi connectivity index (χ4n) is 2.38. The molecule has 3 rings (SSSR count). The van der Waals surface area contributed by atoms with Crippen LogP contribution in [0.15, 0.2) is 11.4 Å². The first kappa shape index (κ1) is 13.1. The van der Waals surface area contributed by atoms with E-state index in [0.29, 0.717) is 6.04 Å². The molecule has 0 bridgehead atoms. The number of aromatic nitrogens is 2. The molecule has 1 saturated heterocycles. The van der Waals surface area contributed by atoms with Crippen molar-refractivity contribution in [1.29, 1.82) is 0 Å². The molecule has 19 heavy (non-hydrogen) atoms. The van der Waals surface area contributed by atoms with Gasteiger partial charge < -0.3 is 5.32 Å². The zero-order valence-corrected chi connectivity index (χ0v) is 12.9. The molecule has 0 spiro atoms. The summed E-state index contributed by atoms with van der Waals surface area (Å²) in [6, 6.07) is 2.75. The summed E-state index contributed by atoms with van der Waals surface area (Å²) >= 11 is 3.72. The van der Waals surface area contributed by atoms with Gasteiger partial charge in [-0.05, 0) is 30.7 Å². The van der Waals surface area contributed by atoms with Crippen molar-refractivity contribution in [2.24, 2.45) is 0 Å². The molecule has 2 aromatic heterocycles. The van der Waals surface area contributed by atoms with Crippen LogP contribution in [-0.4, -0.2) is 46.5 Å². The maximum atomic E-state index is 4.67. The van der Waals surface area contributed by atoms with Crippen molar-refractivity contribution < 1.29 is 0 Å². The Morgan fingerprint density at radius 2 is 2.37 bits per heavy atom. The Bertz CT molecular complexity index is 563. The minimum atomic E-state index is 0.672. The Balaban J connectivity index is 1.83. The van der Waals surface area contributed by atoms with Gasteiger partial charge >= 0.3 is 0 Å². The van der Waals surface area contributed by atoms with Crippen LogP contribution in [0.2, 0.25) is 0 Å². The first-order valence-corrected chi connectivity index (χ1v) is 8.51. The van der Waals surface area contributed by atoms with Crippen LogP contribution >= 0.6 is 23.1 Å². The van der Waals surface area contributed by atoms with Crippen LogP contribution in [0.5, 0.6) is 0 Å². The van der Waals surface area contributed by atoms with Gasteiger partial charge in [0.2, 0.25) is 0 Å². The van der Waals surface area contributed by atoms with Gasteiger partial charge in [0.25, 0.3) is 0 Å². The second-order valence-corrected chi connectivity index (χ2v) is 6.85. The lowest BCUT2D eigenvalue weighted by Crippen LogP contribution is -2.31. The Morgan fingerprint density at radius 1 is 1.47 bits per heavy atom. The average Bonchev–Trinajstić information content (AvgIpc) is 3.08. The number of anilines is 1. The van der Waals surface area contributed by atoms with Gasteiger partial charge in [0.15, 0.2) is 0 Å². The van der Waals surface area contributed by atoms with Gasteiger partial charge in [0.05, 0.1) is 11.9 Å². The maximum Gasteiger partial charge on any atom is 0.146 e. The summed E-state index contributed by atoms with van der Waals surface area (Å²) in [6.45, 7) is 0.827. The Morgan fingerprint density at radius 3 is 3.11 bits per heavy atom. The van der Waals surface area contributed by atoms with Crippen molar-refractivity contribution in [1.82, 2.24) is 14.9 Å². The van der Waals surface area contributed by atoms with E-state index in [1.807, 2.05) is 18.8 Å². The second-order valence-electron chi connectivity index (χ2n) is 4.81. The molecule has 1 unspecified atom stereocenters. The number of hydrogen-bond donors (Lipinski definition) is 1. The van der Waals surface area contributed by atoms with Gasteiger partial charge in [0, 0.05) is 18.8 Å². The minimum absolute atomic E-state index is 0.672. The second kappa shape index (κ2) is 5.64. The molecule has 0 radical (unpaired) electrons. The normalized spacial score (nSPS) is 19.4. The van der Waals surface area contributed by atoms with Crippen LogP contribution in [0.25, 0.3) is 10.2 Å². The van der Waals surface area contributed by atoms with E-state index in [4.69, 9.17) is 0 Å². The molecule has 4 nitrogen and oxygen atoms in total. The predicted octanol–water partition coefficient (Wildman–Crippen LogP) is 2.67. The zero-order valence-electron chi connectivity index (χ0n) is 11.2. The summed E-state index contributed by atoms with van der Waals surface area (Å²) in [5.74, 6) is 4.37. The van der Waals surface area contributed by atoms with E-state index in [9.17, 15) is 0 Å². The minimum Gasteiger partial charge on any atom is -0.372 e. The molecule has 1 aliphatic rings. The summed E-state index contributed by atoms with van der Waals surface area (Å²) < 4.78 is 0. The van der Waals surface area contributed by atoms with Gasteiger partial charge in [-0.15, -0.1) is 11.3 Å². The fraction of sp³-hybridized carbons (Fsp3) is 0.538. The third kappa shape index (κ3) is 2.70. The smallest absolute Gasteiger partial charge is 0.146 e. The van der Waals surface area contributed by atoms with E-state index in [-0.39, 0.29) is 0 Å². The standard InChI is InChI=1S/C13H18N4S2/c1-14-12-10-4-6-19-13(10)16-11(15-12)7-17(2)9-3-5-18-8-9/h4,6,9H,3,5,7-8H2,1-2H3,(H,14,15,16). The lowest BCUT2D eigenvalue weighted by Gasteiger charge is -2.22. The van der Waals surface area contributed by atoms with Crippen LogP contribution in [0, 0.1) is 0 Å². The Hall–Kier alpha value is -0.850. The number of rotatable bonds is 4. The Labute approximate surface area is 121 Å². The molecule has 0 aromatic carbocycles. The largest absolute Gasteiger partial charge is 0.372 e. The molecule has 3 heterocycles. The molecular formula is C13H18N4S2. The highest BCUT2D eigenvalue weighted by Gasteiger charge is 2.21. The van der Waals surface area contributed by atoms with Crippen molar-refractivity contribution in [3.05, 3.63) is 17.3 Å². The average molecular weight is 294 g/mol. The monoisotopic (exact) mass is 294 g/mol. The molecule has 0 aliphatic carbocycles. The molecule has 1 N–H and O–H groups in total. The molecule has 1 aliphatic heterocycles. The molecule has 2 aromatic rings. The van der Waals surface area contributed by atoms with E-state index >= 15 is 0 Å². The van der Waals surface area contributed by atoms with Crippen molar-refractivity contribution in [3.8, 4) is 0 Å². The number of nitrogens with zero attached hydrogens (tertiary/aromatic N) is 3. The molecule has 6 heteroatoms. The molecule has 102 valence electrons. The summed E-state index contributed by atoms with van der Waals surface area (Å²) in [5, 5.41) is 6.36. The molecular weight excluding hydrogens is 276 g/mol. The number of fused-ring (bicyclic) bond motifs is 1. The van der Waals surface area contributed by atoms with E-state index in [2.05, 4.69) is 38.7 Å². The Kier molecular flexibility index (Phi) is 3.91. The van der Waals surface area contributed by atoms with Crippen LogP contribution in [0.3, 0.4) is 0 Å². The van der Waals surface area contributed by atoms with Gasteiger partial charge in [0.1, 0.15) is 16.5 Å². The van der Waals surface area contributed by atoms with E-state index in [1.165, 1.54) is 17.9 Å². The quantitative estimate of drug-likeness (QED) is 0.939. The molecule has 1 atom stereocenters. The highest BCUT2D eigenvalue weighted by Crippen LogP contribution is 2.26. The molecule has 1 fully saturated rings. The van der Waals surface area contributed by atoms with Crippen LogP contribution in [0.4, 0.5) is 5.82 Å². The third-order valence-electron chi connectivity index (χ3n) is 3.53. The topological polar surface area (TPSA) is 41.1 Å². The first-order valence-electron chi connectivity index (χ1n) is 6.48. The van der Waals surface area contributed by atoms with Crippen LogP contribution in [0.1, 0.15) is 12.2 Å². The highest BCUT2D eigenvalue weighted by atomic mass is 32.2. The van der Waals surface area contributed by atoms with E-state index in [0.717, 1.165) is 28.4 Å². The van der Waals surface area contributed by atoms with E-state index < -0.39 is 0 Å². The highest BCUT2D eigenvalue weighted by molar-refractivity contribution is 7.99. The van der Waals surface area contributed by atoms with E-state index in [1.54, 1.807) is 11.3 Å². The number of thiophene rings is 1.